The Hall–Kier alpha value is -0.630. The van der Waals surface area contributed by atoms with E-state index in [2.05, 4.69) is 4.99 Å². The molecule has 0 aromatic carbocycles. The maximum atomic E-state index is 11.3. The third-order valence-corrected chi connectivity index (χ3v) is 2.05. The maximum Gasteiger partial charge on any atom is 0.168 e. The molecule has 2 nitrogen and oxygen atoms in total. The lowest BCUT2D eigenvalue weighted by Gasteiger charge is -2.12. The lowest BCUT2D eigenvalue weighted by molar-refractivity contribution is -0.117. The number of hydrogen-bond donors (Lipinski definition) is 0. The monoisotopic (exact) mass is 171 g/mol. The normalized spacial score (nSPS) is 24.6. The molecule has 0 N–H and O–H groups in total. The van der Waals surface area contributed by atoms with Crippen molar-refractivity contribution in [3.8, 4) is 0 Å². The van der Waals surface area contributed by atoms with Crippen molar-refractivity contribution in [2.75, 3.05) is 5.88 Å². The first-order chi connectivity index (χ1) is 5.16. The number of carbonyl (C=O) groups is 1. The molecule has 1 unspecified atom stereocenters. The molecule has 1 heterocycles. The predicted octanol–water partition coefficient (Wildman–Crippen LogP) is 1.79. The van der Waals surface area contributed by atoms with E-state index in [1.165, 1.54) is 0 Å². The molecular weight excluding hydrogens is 162 g/mol. The third kappa shape index (κ3) is 1.51. The Balaban J connectivity index is 2.97. The van der Waals surface area contributed by atoms with Gasteiger partial charge in [0.2, 0.25) is 0 Å². The first-order valence-corrected chi connectivity index (χ1v) is 4.04. The van der Waals surface area contributed by atoms with Crippen LogP contribution in [0.15, 0.2) is 16.3 Å². The number of rotatable bonds is 1. The number of ketones is 1. The van der Waals surface area contributed by atoms with Crippen molar-refractivity contribution in [3.05, 3.63) is 11.3 Å². The lowest BCUT2D eigenvalue weighted by Crippen LogP contribution is -2.18. The second kappa shape index (κ2) is 3.18. The van der Waals surface area contributed by atoms with Crippen molar-refractivity contribution >= 4 is 23.6 Å². The van der Waals surface area contributed by atoms with Crippen LogP contribution in [0.2, 0.25) is 0 Å². The number of aliphatic imine (C=N–C) groups is 1. The number of allylic oxidation sites excluding steroid dienone is 2. The summed E-state index contributed by atoms with van der Waals surface area (Å²) in [6, 6.07) is 0. The summed E-state index contributed by atoms with van der Waals surface area (Å²) in [4.78, 5) is 15.3. The highest BCUT2D eigenvalue weighted by Gasteiger charge is 2.19. The average molecular weight is 172 g/mol. The van der Waals surface area contributed by atoms with Gasteiger partial charge in [-0.25, -0.2) is 0 Å². The first-order valence-electron chi connectivity index (χ1n) is 3.51. The Morgan fingerprint density at radius 3 is 2.91 bits per heavy atom. The van der Waals surface area contributed by atoms with Crippen LogP contribution in [0, 0.1) is 5.92 Å². The highest BCUT2D eigenvalue weighted by atomic mass is 35.5. The minimum absolute atomic E-state index is 0.0815. The lowest BCUT2D eigenvalue weighted by atomic mass is 9.98. The molecule has 0 saturated carbocycles. The van der Waals surface area contributed by atoms with Gasteiger partial charge in [0, 0.05) is 11.8 Å². The van der Waals surface area contributed by atoms with Gasteiger partial charge in [-0.15, -0.1) is 11.6 Å². The highest BCUT2D eigenvalue weighted by molar-refractivity contribution is 6.20. The highest BCUT2D eigenvalue weighted by Crippen LogP contribution is 2.17. The zero-order valence-corrected chi connectivity index (χ0v) is 7.35. The molecule has 0 saturated heterocycles. The summed E-state index contributed by atoms with van der Waals surface area (Å²) in [5, 5.41) is 0. The summed E-state index contributed by atoms with van der Waals surface area (Å²) in [5.74, 6) is 0.374. The molecule has 0 aliphatic carbocycles. The van der Waals surface area contributed by atoms with Crippen LogP contribution in [0.5, 0.6) is 0 Å². The molecule has 0 aromatic rings. The van der Waals surface area contributed by atoms with Gasteiger partial charge >= 0.3 is 0 Å². The molecule has 3 heteroatoms. The number of halogens is 1. The molecule has 0 radical (unpaired) electrons. The Morgan fingerprint density at radius 2 is 2.36 bits per heavy atom. The fourth-order valence-electron chi connectivity index (χ4n) is 0.985. The van der Waals surface area contributed by atoms with Crippen LogP contribution in [-0.2, 0) is 4.79 Å². The van der Waals surface area contributed by atoms with Crippen molar-refractivity contribution in [2.45, 2.75) is 13.8 Å². The number of Topliss-reactive ketones (excluding diaryl/α,β-unsaturated/α-hetero) is 1. The van der Waals surface area contributed by atoms with Crippen LogP contribution in [0.3, 0.4) is 0 Å². The van der Waals surface area contributed by atoms with Gasteiger partial charge in [-0.05, 0) is 6.92 Å². The first kappa shape index (κ1) is 8.47. The largest absolute Gasteiger partial charge is 0.294 e. The third-order valence-electron chi connectivity index (χ3n) is 1.80. The Bertz CT molecular complexity index is 242. The SMILES string of the molecule is CC1=C(CCl)N=CC(C)C1=O. The van der Waals surface area contributed by atoms with Gasteiger partial charge in [-0.3, -0.25) is 9.79 Å². The molecule has 1 atom stereocenters. The van der Waals surface area contributed by atoms with Crippen molar-refractivity contribution < 1.29 is 4.79 Å². The summed E-state index contributed by atoms with van der Waals surface area (Å²) in [6.45, 7) is 3.60. The van der Waals surface area contributed by atoms with Crippen LogP contribution < -0.4 is 0 Å². The van der Waals surface area contributed by atoms with Crippen molar-refractivity contribution in [1.82, 2.24) is 0 Å². The second-order valence-corrected chi connectivity index (χ2v) is 2.90. The van der Waals surface area contributed by atoms with E-state index >= 15 is 0 Å². The molecule has 0 spiro atoms. The predicted molar refractivity (Wildman–Crippen MR) is 46.1 cm³/mol. The van der Waals surface area contributed by atoms with E-state index in [0.717, 1.165) is 0 Å². The Labute approximate surface area is 71.0 Å². The zero-order chi connectivity index (χ0) is 8.43. The van der Waals surface area contributed by atoms with E-state index in [0.29, 0.717) is 17.2 Å². The molecule has 0 aromatic heterocycles. The summed E-state index contributed by atoms with van der Waals surface area (Å²) in [7, 11) is 0. The van der Waals surface area contributed by atoms with Crippen LogP contribution >= 0.6 is 11.6 Å². The zero-order valence-electron chi connectivity index (χ0n) is 6.60. The topological polar surface area (TPSA) is 29.4 Å². The van der Waals surface area contributed by atoms with E-state index in [9.17, 15) is 4.79 Å². The van der Waals surface area contributed by atoms with Crippen LogP contribution in [-0.4, -0.2) is 17.9 Å². The Morgan fingerprint density at radius 1 is 1.73 bits per heavy atom. The van der Waals surface area contributed by atoms with E-state index in [-0.39, 0.29) is 11.7 Å². The van der Waals surface area contributed by atoms with E-state index in [4.69, 9.17) is 11.6 Å². The van der Waals surface area contributed by atoms with Gasteiger partial charge in [0.05, 0.1) is 17.5 Å². The summed E-state index contributed by atoms with van der Waals surface area (Å²) >= 11 is 5.56. The van der Waals surface area contributed by atoms with Crippen molar-refractivity contribution in [1.29, 1.82) is 0 Å². The number of nitrogens with zero attached hydrogens (tertiary/aromatic N) is 1. The Kier molecular flexibility index (Phi) is 2.45. The van der Waals surface area contributed by atoms with Crippen LogP contribution in [0.25, 0.3) is 0 Å². The number of alkyl halides is 1. The van der Waals surface area contributed by atoms with E-state index in [1.807, 2.05) is 6.92 Å². The summed E-state index contributed by atoms with van der Waals surface area (Å²) in [6.07, 6.45) is 1.65. The molecule has 11 heavy (non-hydrogen) atoms. The van der Waals surface area contributed by atoms with Gasteiger partial charge in [0.15, 0.2) is 5.78 Å². The molecule has 1 aliphatic rings. The maximum absolute atomic E-state index is 11.3. The van der Waals surface area contributed by atoms with Gasteiger partial charge in [0.1, 0.15) is 0 Å². The minimum Gasteiger partial charge on any atom is -0.294 e. The molecule has 0 bridgehead atoms. The van der Waals surface area contributed by atoms with Gasteiger partial charge in [-0.2, -0.15) is 0 Å². The molecule has 60 valence electrons. The molecule has 1 aliphatic heterocycles. The van der Waals surface area contributed by atoms with Gasteiger partial charge < -0.3 is 0 Å². The molecule has 0 fully saturated rings. The number of hydrogen-bond acceptors (Lipinski definition) is 2. The average Bonchev–Trinajstić information content (AvgIpc) is 2.01. The molecule has 1 rings (SSSR count). The molecule has 0 amide bonds. The smallest absolute Gasteiger partial charge is 0.168 e. The minimum atomic E-state index is -0.0815. The standard InChI is InChI=1S/C8H10ClNO/c1-5-4-10-7(3-9)6(2)8(5)11/h4-5H,3H2,1-2H3. The van der Waals surface area contributed by atoms with Crippen molar-refractivity contribution in [3.63, 3.8) is 0 Å². The van der Waals surface area contributed by atoms with E-state index in [1.54, 1.807) is 13.1 Å². The summed E-state index contributed by atoms with van der Waals surface area (Å²) in [5.41, 5.74) is 1.41. The fraction of sp³-hybridized carbons (Fsp3) is 0.500. The van der Waals surface area contributed by atoms with Crippen molar-refractivity contribution in [2.24, 2.45) is 10.9 Å². The van der Waals surface area contributed by atoms with E-state index < -0.39 is 0 Å². The van der Waals surface area contributed by atoms with Gasteiger partial charge in [-0.1, -0.05) is 6.92 Å². The quantitative estimate of drug-likeness (QED) is 0.553. The number of carbonyl (C=O) groups excluding carboxylic acids is 1. The van der Waals surface area contributed by atoms with Crippen LogP contribution in [0.1, 0.15) is 13.8 Å². The summed E-state index contributed by atoms with van der Waals surface area (Å²) < 4.78 is 0. The van der Waals surface area contributed by atoms with Crippen LogP contribution in [0.4, 0.5) is 0 Å². The van der Waals surface area contributed by atoms with Gasteiger partial charge in [0.25, 0.3) is 0 Å². The fourth-order valence-corrected chi connectivity index (χ4v) is 1.25. The molecular formula is C8H10ClNO. The second-order valence-electron chi connectivity index (χ2n) is 2.64.